The third kappa shape index (κ3) is 5.13. The Labute approximate surface area is 173 Å². The van der Waals surface area contributed by atoms with Gasteiger partial charge in [0.1, 0.15) is 0 Å². The number of carbonyl (C=O) groups excluding carboxylic acids is 1. The van der Waals surface area contributed by atoms with Crippen LogP contribution in [0.25, 0.3) is 0 Å². The molecule has 1 fully saturated rings. The molecule has 0 saturated carbocycles. The van der Waals surface area contributed by atoms with E-state index in [9.17, 15) is 4.79 Å². The minimum absolute atomic E-state index is 0.102. The molecule has 0 aromatic heterocycles. The number of hydrogen-bond donors (Lipinski definition) is 2. The molecule has 0 aliphatic carbocycles. The zero-order chi connectivity index (χ0) is 20.1. The Morgan fingerprint density at radius 2 is 1.96 bits per heavy atom. The van der Waals surface area contributed by atoms with Crippen molar-refractivity contribution in [1.82, 2.24) is 15.5 Å². The highest BCUT2D eigenvalue weighted by molar-refractivity contribution is 6.31. The van der Waals surface area contributed by atoms with E-state index in [0.29, 0.717) is 13.1 Å². The maximum absolute atomic E-state index is 12.6. The minimum Gasteiger partial charge on any atom is -0.355 e. The second-order valence-corrected chi connectivity index (χ2v) is 8.08. The Balaban J connectivity index is 1.69. The van der Waals surface area contributed by atoms with Crippen LogP contribution in [-0.2, 0) is 17.9 Å². The minimum atomic E-state index is -0.132. The molecule has 1 aliphatic heterocycles. The standard InChI is InChI=1S/C23H30ClN3O/c1-4-25-23(28)22-12-20(26-13-19-11-16(2)9-10-17(19)3)15-27(22)14-18-7-5-6-8-21(18)24/h5-11,20,22,26H,4,12-15H2,1-3H3,(H,25,28)/t20-,22+/m1/s1. The van der Waals surface area contributed by atoms with Crippen molar-refractivity contribution in [2.45, 2.75) is 52.4 Å². The number of benzene rings is 2. The van der Waals surface area contributed by atoms with Crippen molar-refractivity contribution in [2.24, 2.45) is 0 Å². The summed E-state index contributed by atoms with van der Waals surface area (Å²) >= 11 is 6.36. The first kappa shape index (κ1) is 20.8. The van der Waals surface area contributed by atoms with E-state index in [1.54, 1.807) is 0 Å². The van der Waals surface area contributed by atoms with Crippen molar-refractivity contribution < 1.29 is 4.79 Å². The van der Waals surface area contributed by atoms with Gasteiger partial charge in [-0.3, -0.25) is 9.69 Å². The van der Waals surface area contributed by atoms with Gasteiger partial charge in [0.15, 0.2) is 0 Å². The molecule has 1 heterocycles. The smallest absolute Gasteiger partial charge is 0.237 e. The predicted octanol–water partition coefficient (Wildman–Crippen LogP) is 3.83. The van der Waals surface area contributed by atoms with Gasteiger partial charge < -0.3 is 10.6 Å². The van der Waals surface area contributed by atoms with Crippen molar-refractivity contribution >= 4 is 17.5 Å². The van der Waals surface area contributed by atoms with Crippen LogP contribution in [0.5, 0.6) is 0 Å². The first-order chi connectivity index (χ1) is 13.5. The van der Waals surface area contributed by atoms with Gasteiger partial charge in [0.2, 0.25) is 5.91 Å². The van der Waals surface area contributed by atoms with Crippen molar-refractivity contribution in [3.8, 4) is 0 Å². The topological polar surface area (TPSA) is 44.4 Å². The van der Waals surface area contributed by atoms with E-state index in [2.05, 4.69) is 47.6 Å². The number of nitrogens with zero attached hydrogens (tertiary/aromatic N) is 1. The quantitative estimate of drug-likeness (QED) is 0.743. The van der Waals surface area contributed by atoms with E-state index in [-0.39, 0.29) is 18.0 Å². The van der Waals surface area contributed by atoms with Gasteiger partial charge in [-0.15, -0.1) is 0 Å². The fourth-order valence-electron chi connectivity index (χ4n) is 3.88. The van der Waals surface area contributed by atoms with Gasteiger partial charge in [-0.2, -0.15) is 0 Å². The Kier molecular flexibility index (Phi) is 7.11. The van der Waals surface area contributed by atoms with Crippen LogP contribution in [0.4, 0.5) is 0 Å². The lowest BCUT2D eigenvalue weighted by atomic mass is 10.0. The van der Waals surface area contributed by atoms with Gasteiger partial charge in [-0.1, -0.05) is 53.6 Å². The van der Waals surface area contributed by atoms with Gasteiger partial charge in [0.05, 0.1) is 6.04 Å². The second kappa shape index (κ2) is 9.55. The predicted molar refractivity (Wildman–Crippen MR) is 115 cm³/mol. The molecule has 0 spiro atoms. The average molecular weight is 400 g/mol. The van der Waals surface area contributed by atoms with Crippen LogP contribution in [0.3, 0.4) is 0 Å². The largest absolute Gasteiger partial charge is 0.355 e. The number of halogens is 1. The fourth-order valence-corrected chi connectivity index (χ4v) is 4.08. The van der Waals surface area contributed by atoms with Crippen LogP contribution in [-0.4, -0.2) is 36.0 Å². The Bertz CT molecular complexity index is 823. The van der Waals surface area contributed by atoms with E-state index in [0.717, 1.165) is 30.1 Å². The number of hydrogen-bond acceptors (Lipinski definition) is 3. The van der Waals surface area contributed by atoms with E-state index in [1.807, 2.05) is 31.2 Å². The van der Waals surface area contributed by atoms with Crippen LogP contribution >= 0.6 is 11.6 Å². The first-order valence-corrected chi connectivity index (χ1v) is 10.4. The molecule has 2 atom stereocenters. The molecular formula is C23H30ClN3O. The maximum Gasteiger partial charge on any atom is 0.237 e. The lowest BCUT2D eigenvalue weighted by Gasteiger charge is -2.23. The molecule has 28 heavy (non-hydrogen) atoms. The molecule has 2 aromatic carbocycles. The summed E-state index contributed by atoms with van der Waals surface area (Å²) in [4.78, 5) is 14.9. The summed E-state index contributed by atoms with van der Waals surface area (Å²) in [5.74, 6) is 0.102. The first-order valence-electron chi connectivity index (χ1n) is 10.0. The zero-order valence-electron chi connectivity index (χ0n) is 17.0. The number of nitrogens with one attached hydrogen (secondary N) is 2. The van der Waals surface area contributed by atoms with E-state index in [1.165, 1.54) is 16.7 Å². The van der Waals surface area contributed by atoms with Crippen LogP contribution < -0.4 is 10.6 Å². The van der Waals surface area contributed by atoms with Crippen molar-refractivity contribution in [1.29, 1.82) is 0 Å². The number of likely N-dealkylation sites (N-methyl/N-ethyl adjacent to an activating group) is 1. The van der Waals surface area contributed by atoms with Gasteiger partial charge >= 0.3 is 0 Å². The summed E-state index contributed by atoms with van der Waals surface area (Å²) in [6.45, 7) is 9.21. The van der Waals surface area contributed by atoms with Crippen molar-refractivity contribution in [2.75, 3.05) is 13.1 Å². The highest BCUT2D eigenvalue weighted by Gasteiger charge is 2.36. The molecule has 2 aromatic rings. The molecule has 1 amide bonds. The molecule has 0 bridgehead atoms. The fraction of sp³-hybridized carbons (Fsp3) is 0.435. The van der Waals surface area contributed by atoms with Crippen molar-refractivity contribution in [3.05, 3.63) is 69.7 Å². The Morgan fingerprint density at radius 1 is 1.18 bits per heavy atom. The van der Waals surface area contributed by atoms with Crippen LogP contribution in [0.15, 0.2) is 42.5 Å². The Morgan fingerprint density at radius 3 is 2.71 bits per heavy atom. The molecular weight excluding hydrogens is 370 g/mol. The lowest BCUT2D eigenvalue weighted by molar-refractivity contribution is -0.125. The Hall–Kier alpha value is -1.88. The number of aryl methyl sites for hydroxylation is 2. The number of amides is 1. The lowest BCUT2D eigenvalue weighted by Crippen LogP contribution is -2.42. The molecule has 4 nitrogen and oxygen atoms in total. The SMILES string of the molecule is CCNC(=O)[C@@H]1C[C@@H](NCc2cc(C)ccc2C)CN1Cc1ccccc1Cl. The summed E-state index contributed by atoms with van der Waals surface area (Å²) in [6.07, 6.45) is 0.807. The molecule has 0 radical (unpaired) electrons. The monoisotopic (exact) mass is 399 g/mol. The molecule has 2 N–H and O–H groups in total. The number of carbonyl (C=O) groups is 1. The van der Waals surface area contributed by atoms with Gasteiger partial charge in [-0.05, 0) is 49.9 Å². The van der Waals surface area contributed by atoms with Crippen LogP contribution in [0.1, 0.15) is 35.6 Å². The summed E-state index contributed by atoms with van der Waals surface area (Å²) < 4.78 is 0. The third-order valence-corrected chi connectivity index (χ3v) is 5.84. The van der Waals surface area contributed by atoms with Gasteiger partial charge in [-0.25, -0.2) is 0 Å². The number of likely N-dealkylation sites (tertiary alicyclic amines) is 1. The zero-order valence-corrected chi connectivity index (χ0v) is 17.7. The van der Waals surface area contributed by atoms with E-state index in [4.69, 9.17) is 11.6 Å². The summed E-state index contributed by atoms with van der Waals surface area (Å²) in [7, 11) is 0. The van der Waals surface area contributed by atoms with Gasteiger partial charge in [0.25, 0.3) is 0 Å². The number of rotatable bonds is 7. The van der Waals surface area contributed by atoms with Crippen molar-refractivity contribution in [3.63, 3.8) is 0 Å². The highest BCUT2D eigenvalue weighted by Crippen LogP contribution is 2.25. The van der Waals surface area contributed by atoms with E-state index < -0.39 is 0 Å². The molecule has 3 rings (SSSR count). The highest BCUT2D eigenvalue weighted by atomic mass is 35.5. The second-order valence-electron chi connectivity index (χ2n) is 7.67. The molecule has 1 aliphatic rings. The molecule has 150 valence electrons. The summed E-state index contributed by atoms with van der Waals surface area (Å²) in [5, 5.41) is 7.41. The molecule has 1 saturated heterocycles. The normalized spacial score (nSPS) is 19.7. The maximum atomic E-state index is 12.6. The molecule has 0 unspecified atom stereocenters. The van der Waals surface area contributed by atoms with E-state index >= 15 is 0 Å². The van der Waals surface area contributed by atoms with Gasteiger partial charge in [0, 0.05) is 37.2 Å². The summed E-state index contributed by atoms with van der Waals surface area (Å²) in [6, 6.07) is 14.6. The third-order valence-electron chi connectivity index (χ3n) is 5.47. The van der Waals surface area contributed by atoms with Crippen LogP contribution in [0, 0.1) is 13.8 Å². The van der Waals surface area contributed by atoms with Crippen LogP contribution in [0.2, 0.25) is 5.02 Å². The molecule has 5 heteroatoms. The average Bonchev–Trinajstić information content (AvgIpc) is 3.07. The summed E-state index contributed by atoms with van der Waals surface area (Å²) in [5.41, 5.74) is 4.95.